The molecule has 4 heterocycles. The summed E-state index contributed by atoms with van der Waals surface area (Å²) < 4.78 is 13.4. The normalized spacial score (nSPS) is 17.2. The molecule has 1 fully saturated rings. The van der Waals surface area contributed by atoms with Crippen LogP contribution in [0.3, 0.4) is 0 Å². The molecule has 0 atom stereocenters. The van der Waals surface area contributed by atoms with E-state index >= 15 is 0 Å². The number of nitrogens with one attached hydrogen (secondary N) is 1. The van der Waals surface area contributed by atoms with Crippen molar-refractivity contribution in [2.24, 2.45) is 0 Å². The number of ether oxygens (including phenoxy) is 2. The summed E-state index contributed by atoms with van der Waals surface area (Å²) in [6, 6.07) is 12.0. The Morgan fingerprint density at radius 2 is 1.84 bits per heavy atom. The molecule has 0 radical (unpaired) electrons. The first kappa shape index (κ1) is 20.0. The van der Waals surface area contributed by atoms with Crippen molar-refractivity contribution >= 4 is 10.9 Å². The molecule has 0 bridgehead atoms. The molecule has 1 saturated heterocycles. The van der Waals surface area contributed by atoms with Crippen LogP contribution in [0.25, 0.3) is 10.9 Å². The fourth-order valence-corrected chi connectivity index (χ4v) is 4.40. The summed E-state index contributed by atoms with van der Waals surface area (Å²) in [6.45, 7) is 5.95. The lowest BCUT2D eigenvalue weighted by Gasteiger charge is -2.32. The fraction of sp³-hybridized carbons (Fsp3) is 0.417. The summed E-state index contributed by atoms with van der Waals surface area (Å²) in [4.78, 5) is 19.0. The summed E-state index contributed by atoms with van der Waals surface area (Å²) in [5.74, 6) is 1.53. The van der Waals surface area contributed by atoms with E-state index in [-0.39, 0.29) is 5.43 Å². The molecule has 1 N–H and O–H groups in total. The van der Waals surface area contributed by atoms with Crippen molar-refractivity contribution < 1.29 is 9.47 Å². The van der Waals surface area contributed by atoms with Gasteiger partial charge < -0.3 is 24.3 Å². The highest BCUT2D eigenvalue weighted by molar-refractivity contribution is 5.78. The first-order chi connectivity index (χ1) is 15.3. The van der Waals surface area contributed by atoms with Gasteiger partial charge in [-0.1, -0.05) is 12.1 Å². The summed E-state index contributed by atoms with van der Waals surface area (Å²) in [5.41, 5.74) is 2.08. The molecule has 0 amide bonds. The van der Waals surface area contributed by atoms with E-state index in [2.05, 4.69) is 19.8 Å². The summed E-state index contributed by atoms with van der Waals surface area (Å²) in [5, 5.41) is 4.44. The van der Waals surface area contributed by atoms with Gasteiger partial charge in [-0.05, 0) is 38.1 Å². The molecule has 1 aromatic carbocycles. The first-order valence-corrected chi connectivity index (χ1v) is 11.0. The SMILES string of the molecule is O=c1ccn(CCN2CCC(NCc3cc4c(cn3)OCCO4)CC2)c2ccccc12. The second kappa shape index (κ2) is 9.08. The zero-order valence-electron chi connectivity index (χ0n) is 17.6. The Hall–Kier alpha value is -2.90. The molecule has 5 rings (SSSR count). The highest BCUT2D eigenvalue weighted by Gasteiger charge is 2.19. The quantitative estimate of drug-likeness (QED) is 0.661. The summed E-state index contributed by atoms with van der Waals surface area (Å²) >= 11 is 0. The molecule has 162 valence electrons. The lowest BCUT2D eigenvalue weighted by Crippen LogP contribution is -2.43. The van der Waals surface area contributed by atoms with Crippen molar-refractivity contribution in [1.29, 1.82) is 0 Å². The maximum absolute atomic E-state index is 12.1. The zero-order chi connectivity index (χ0) is 21.0. The van der Waals surface area contributed by atoms with E-state index in [1.54, 1.807) is 12.3 Å². The van der Waals surface area contributed by atoms with Crippen LogP contribution in [-0.2, 0) is 13.1 Å². The second-order valence-electron chi connectivity index (χ2n) is 8.21. The van der Waals surface area contributed by atoms with Gasteiger partial charge in [0.1, 0.15) is 13.2 Å². The number of fused-ring (bicyclic) bond motifs is 2. The van der Waals surface area contributed by atoms with E-state index in [0.29, 0.717) is 19.3 Å². The lowest BCUT2D eigenvalue weighted by molar-refractivity contribution is 0.170. The van der Waals surface area contributed by atoms with Crippen LogP contribution in [0.2, 0.25) is 0 Å². The van der Waals surface area contributed by atoms with Crippen molar-refractivity contribution in [2.75, 3.05) is 32.8 Å². The number of hydrogen-bond acceptors (Lipinski definition) is 6. The van der Waals surface area contributed by atoms with Gasteiger partial charge >= 0.3 is 0 Å². The van der Waals surface area contributed by atoms with E-state index in [0.717, 1.165) is 73.7 Å². The maximum atomic E-state index is 12.1. The number of pyridine rings is 2. The number of hydrogen-bond donors (Lipinski definition) is 1. The number of aromatic nitrogens is 2. The molecular formula is C24H28N4O3. The van der Waals surface area contributed by atoms with Crippen LogP contribution in [0.15, 0.2) is 53.6 Å². The van der Waals surface area contributed by atoms with Gasteiger partial charge in [-0.2, -0.15) is 0 Å². The molecule has 2 aliphatic heterocycles. The van der Waals surface area contributed by atoms with Crippen LogP contribution in [0.5, 0.6) is 11.5 Å². The van der Waals surface area contributed by atoms with E-state index in [1.807, 2.05) is 36.5 Å². The Morgan fingerprint density at radius 1 is 1.03 bits per heavy atom. The molecule has 0 spiro atoms. The molecule has 31 heavy (non-hydrogen) atoms. The van der Waals surface area contributed by atoms with Gasteiger partial charge in [0.25, 0.3) is 0 Å². The maximum Gasteiger partial charge on any atom is 0.189 e. The lowest BCUT2D eigenvalue weighted by atomic mass is 10.0. The molecule has 2 aromatic heterocycles. The minimum absolute atomic E-state index is 0.0891. The molecule has 3 aromatic rings. The molecular weight excluding hydrogens is 392 g/mol. The number of nitrogens with zero attached hydrogens (tertiary/aromatic N) is 3. The Bertz CT molecular complexity index is 1110. The Balaban J connectivity index is 1.10. The molecule has 0 unspecified atom stereocenters. The van der Waals surface area contributed by atoms with Crippen molar-refractivity contribution in [3.8, 4) is 11.5 Å². The third-order valence-corrected chi connectivity index (χ3v) is 6.19. The second-order valence-corrected chi connectivity index (χ2v) is 8.21. The minimum atomic E-state index is 0.0891. The highest BCUT2D eigenvalue weighted by atomic mass is 16.6. The van der Waals surface area contributed by atoms with E-state index < -0.39 is 0 Å². The monoisotopic (exact) mass is 420 g/mol. The Labute approximate surface area is 181 Å². The topological polar surface area (TPSA) is 68.6 Å². The number of para-hydroxylation sites is 1. The Kier molecular flexibility index (Phi) is 5.86. The van der Waals surface area contributed by atoms with Crippen LogP contribution >= 0.6 is 0 Å². The predicted molar refractivity (Wildman–Crippen MR) is 120 cm³/mol. The third-order valence-electron chi connectivity index (χ3n) is 6.19. The molecule has 7 heteroatoms. The fourth-order valence-electron chi connectivity index (χ4n) is 4.40. The third kappa shape index (κ3) is 4.57. The first-order valence-electron chi connectivity index (χ1n) is 11.0. The average Bonchev–Trinajstić information content (AvgIpc) is 2.83. The van der Waals surface area contributed by atoms with Gasteiger partial charge in [0.05, 0.1) is 17.4 Å². The van der Waals surface area contributed by atoms with Gasteiger partial charge in [-0.3, -0.25) is 9.78 Å². The average molecular weight is 421 g/mol. The number of likely N-dealkylation sites (tertiary alicyclic amines) is 1. The van der Waals surface area contributed by atoms with Crippen molar-refractivity contribution in [3.63, 3.8) is 0 Å². The van der Waals surface area contributed by atoms with Gasteiger partial charge in [0.2, 0.25) is 0 Å². The molecule has 0 aliphatic carbocycles. The van der Waals surface area contributed by atoms with Crippen LogP contribution in [-0.4, -0.2) is 53.3 Å². The Morgan fingerprint density at radius 3 is 2.71 bits per heavy atom. The molecule has 2 aliphatic rings. The van der Waals surface area contributed by atoms with Crippen LogP contribution in [0.1, 0.15) is 18.5 Å². The number of benzene rings is 1. The van der Waals surface area contributed by atoms with Gasteiger partial charge in [-0.15, -0.1) is 0 Å². The zero-order valence-corrected chi connectivity index (χ0v) is 17.6. The van der Waals surface area contributed by atoms with Gasteiger partial charge in [0.15, 0.2) is 16.9 Å². The minimum Gasteiger partial charge on any atom is -0.486 e. The highest BCUT2D eigenvalue weighted by Crippen LogP contribution is 2.29. The van der Waals surface area contributed by atoms with E-state index in [9.17, 15) is 4.79 Å². The van der Waals surface area contributed by atoms with Gasteiger partial charge in [0, 0.05) is 49.4 Å². The smallest absolute Gasteiger partial charge is 0.189 e. The predicted octanol–water partition coefficient (Wildman–Crippen LogP) is 2.42. The largest absolute Gasteiger partial charge is 0.486 e. The van der Waals surface area contributed by atoms with Crippen LogP contribution < -0.4 is 20.2 Å². The van der Waals surface area contributed by atoms with Crippen molar-refractivity contribution in [2.45, 2.75) is 32.0 Å². The van der Waals surface area contributed by atoms with E-state index in [4.69, 9.17) is 9.47 Å². The standard InChI is InChI=1S/C24H28N4O3/c29-22-7-10-28(21-4-2-1-3-20(21)22)12-11-27-8-5-18(6-9-27)25-16-19-15-23-24(17-26-19)31-14-13-30-23/h1-4,7,10,15,17-18,25H,5-6,8-9,11-14,16H2. The van der Waals surface area contributed by atoms with Gasteiger partial charge in [-0.25, -0.2) is 0 Å². The van der Waals surface area contributed by atoms with Crippen molar-refractivity contribution in [3.05, 3.63) is 64.7 Å². The number of piperidine rings is 1. The number of rotatable bonds is 6. The van der Waals surface area contributed by atoms with Crippen LogP contribution in [0, 0.1) is 0 Å². The van der Waals surface area contributed by atoms with Crippen molar-refractivity contribution in [1.82, 2.24) is 19.8 Å². The van der Waals surface area contributed by atoms with E-state index in [1.165, 1.54) is 0 Å². The summed E-state index contributed by atoms with van der Waals surface area (Å²) in [7, 11) is 0. The molecule has 0 saturated carbocycles. The molecule has 7 nitrogen and oxygen atoms in total. The van der Waals surface area contributed by atoms with Crippen LogP contribution in [0.4, 0.5) is 0 Å². The summed E-state index contributed by atoms with van der Waals surface area (Å²) in [6.07, 6.45) is 5.92.